The maximum absolute atomic E-state index is 14.5. The van der Waals surface area contributed by atoms with Gasteiger partial charge in [0.15, 0.2) is 9.84 Å². The van der Waals surface area contributed by atoms with Crippen molar-refractivity contribution in [3.8, 4) is 16.5 Å². The van der Waals surface area contributed by atoms with Gasteiger partial charge in [0.2, 0.25) is 5.91 Å². The zero-order valence-corrected chi connectivity index (χ0v) is 22.9. The average molecular weight is 563 g/mol. The summed E-state index contributed by atoms with van der Waals surface area (Å²) >= 11 is 1.52. The lowest BCUT2D eigenvalue weighted by Crippen LogP contribution is -2.41. The molecule has 3 aliphatic rings. The number of nitrogens with zero attached hydrogens (tertiary/aromatic N) is 3. The molecule has 1 aromatic carbocycles. The lowest BCUT2D eigenvalue weighted by Gasteiger charge is -2.32. The monoisotopic (exact) mass is 562 g/mol. The number of amides is 1. The van der Waals surface area contributed by atoms with Crippen LogP contribution in [0.15, 0.2) is 24.3 Å². The summed E-state index contributed by atoms with van der Waals surface area (Å²) in [6.07, 6.45) is -0.167. The third-order valence-corrected chi connectivity index (χ3v) is 10.9. The van der Waals surface area contributed by atoms with Crippen LogP contribution in [0.2, 0.25) is 0 Å². The van der Waals surface area contributed by atoms with Crippen molar-refractivity contribution in [1.82, 2.24) is 10.3 Å². The highest BCUT2D eigenvalue weighted by Crippen LogP contribution is 2.48. The van der Waals surface area contributed by atoms with Gasteiger partial charge in [0.1, 0.15) is 18.4 Å². The number of aromatic nitrogens is 1. The fourth-order valence-corrected chi connectivity index (χ4v) is 8.08. The number of rotatable bonds is 6. The maximum Gasteiger partial charge on any atom is 0.224 e. The van der Waals surface area contributed by atoms with Crippen LogP contribution in [0.1, 0.15) is 61.6 Å². The third-order valence-electron chi connectivity index (χ3n) is 7.97. The van der Waals surface area contributed by atoms with Gasteiger partial charge in [0.25, 0.3) is 0 Å². The minimum absolute atomic E-state index is 0.0421. The second-order valence-electron chi connectivity index (χ2n) is 10.7. The van der Waals surface area contributed by atoms with Gasteiger partial charge in [-0.1, -0.05) is 12.1 Å². The molecule has 1 aliphatic heterocycles. The maximum atomic E-state index is 14.5. The molecule has 2 heterocycles. The highest BCUT2D eigenvalue weighted by molar-refractivity contribution is 7.91. The first-order valence-corrected chi connectivity index (χ1v) is 15.8. The van der Waals surface area contributed by atoms with Crippen LogP contribution < -0.4 is 10.2 Å². The topological polar surface area (TPSA) is 103 Å². The Morgan fingerprint density at radius 3 is 2.45 bits per heavy atom. The molecule has 11 heteroatoms. The standard InChI is InChI=1S/C27H32F2N4O3S2/c1-16(15-30)31-26(34)23-14-19(28)4-7-22(23)24-25(37-27(32-24)18-12-20(29)13-18)17-2-5-21(6-3-17)33-8-10-38(35,36)11-9-33/h2-3,5-6,16,18-20,22-23H,4,7-14H2,1H3,(H,31,34). The van der Waals surface area contributed by atoms with Gasteiger partial charge in [0, 0.05) is 36.5 Å². The number of halogens is 2. The molecule has 3 fully saturated rings. The Kier molecular flexibility index (Phi) is 7.74. The second-order valence-corrected chi connectivity index (χ2v) is 14.0. The quantitative estimate of drug-likeness (QED) is 0.556. The Balaban J connectivity index is 1.46. The third kappa shape index (κ3) is 5.71. The number of thiazole rings is 1. The van der Waals surface area contributed by atoms with Crippen molar-refractivity contribution in [2.75, 3.05) is 29.5 Å². The number of alkyl halides is 2. The molecule has 4 atom stereocenters. The van der Waals surface area contributed by atoms with Crippen molar-refractivity contribution in [2.24, 2.45) is 5.92 Å². The molecule has 1 amide bonds. The summed E-state index contributed by atoms with van der Waals surface area (Å²) in [5.74, 6) is -0.970. The molecule has 1 aromatic heterocycles. The van der Waals surface area contributed by atoms with E-state index in [4.69, 9.17) is 10.2 Å². The van der Waals surface area contributed by atoms with Gasteiger partial charge in [-0.3, -0.25) is 4.79 Å². The van der Waals surface area contributed by atoms with Crippen LogP contribution in [0.4, 0.5) is 14.5 Å². The van der Waals surface area contributed by atoms with Gasteiger partial charge < -0.3 is 10.2 Å². The molecule has 7 nitrogen and oxygen atoms in total. The van der Waals surface area contributed by atoms with Crippen LogP contribution >= 0.6 is 11.3 Å². The molecular weight excluding hydrogens is 530 g/mol. The first-order chi connectivity index (χ1) is 18.1. The predicted molar refractivity (Wildman–Crippen MR) is 143 cm³/mol. The van der Waals surface area contributed by atoms with Gasteiger partial charge in [-0.25, -0.2) is 22.2 Å². The molecule has 38 heavy (non-hydrogen) atoms. The van der Waals surface area contributed by atoms with Crippen LogP contribution in [-0.2, 0) is 14.6 Å². The molecule has 1 saturated heterocycles. The van der Waals surface area contributed by atoms with E-state index in [1.165, 1.54) is 11.3 Å². The molecule has 1 N–H and O–H groups in total. The van der Waals surface area contributed by atoms with Crippen LogP contribution in [0.25, 0.3) is 10.4 Å². The first-order valence-electron chi connectivity index (χ1n) is 13.2. The average Bonchev–Trinajstić information content (AvgIpc) is 3.31. The van der Waals surface area contributed by atoms with Crippen LogP contribution in [-0.4, -0.2) is 62.3 Å². The predicted octanol–water partition coefficient (Wildman–Crippen LogP) is 4.51. The summed E-state index contributed by atoms with van der Waals surface area (Å²) < 4.78 is 51.8. The van der Waals surface area contributed by atoms with E-state index in [1.54, 1.807) is 6.92 Å². The fourth-order valence-electron chi connectivity index (χ4n) is 5.62. The number of hydrogen-bond donors (Lipinski definition) is 1. The van der Waals surface area contributed by atoms with Gasteiger partial charge in [0.05, 0.1) is 33.2 Å². The zero-order chi connectivity index (χ0) is 27.0. The van der Waals surface area contributed by atoms with Crippen molar-refractivity contribution in [1.29, 1.82) is 5.26 Å². The van der Waals surface area contributed by atoms with Gasteiger partial charge in [-0.15, -0.1) is 11.3 Å². The number of carbonyl (C=O) groups is 1. The van der Waals surface area contributed by atoms with E-state index in [0.29, 0.717) is 38.8 Å². The molecular formula is C27H32F2N4O3S2. The molecule has 2 aliphatic carbocycles. The van der Waals surface area contributed by atoms with Crippen LogP contribution in [0.3, 0.4) is 0 Å². The lowest BCUT2D eigenvalue weighted by atomic mass is 9.75. The van der Waals surface area contributed by atoms with E-state index >= 15 is 0 Å². The van der Waals surface area contributed by atoms with Gasteiger partial charge >= 0.3 is 0 Å². The number of nitrogens with one attached hydrogen (secondary N) is 1. The second kappa shape index (κ2) is 10.9. The van der Waals surface area contributed by atoms with E-state index in [-0.39, 0.29) is 35.7 Å². The summed E-state index contributed by atoms with van der Waals surface area (Å²) in [6, 6.07) is 9.21. The Morgan fingerprint density at radius 1 is 1.13 bits per heavy atom. The van der Waals surface area contributed by atoms with Crippen molar-refractivity contribution in [3.63, 3.8) is 0 Å². The number of sulfone groups is 1. The van der Waals surface area contributed by atoms with Crippen LogP contribution in [0, 0.1) is 17.2 Å². The summed E-state index contributed by atoms with van der Waals surface area (Å²) in [6.45, 7) is 2.50. The molecule has 2 aromatic rings. The molecule has 0 spiro atoms. The van der Waals surface area contributed by atoms with Crippen molar-refractivity contribution in [2.45, 2.75) is 69.2 Å². The number of benzene rings is 1. The Bertz CT molecular complexity index is 1300. The number of anilines is 1. The molecule has 204 valence electrons. The number of carbonyl (C=O) groups excluding carboxylic acids is 1. The Morgan fingerprint density at radius 2 is 1.82 bits per heavy atom. The van der Waals surface area contributed by atoms with E-state index < -0.39 is 34.1 Å². The Hall–Kier alpha value is -2.58. The number of hydrogen-bond acceptors (Lipinski definition) is 7. The lowest BCUT2D eigenvalue weighted by molar-refractivity contribution is -0.127. The highest BCUT2D eigenvalue weighted by Gasteiger charge is 2.41. The van der Waals surface area contributed by atoms with E-state index in [2.05, 4.69) is 10.2 Å². The van der Waals surface area contributed by atoms with E-state index in [9.17, 15) is 22.0 Å². The molecule has 0 radical (unpaired) electrons. The Labute approximate surface area is 226 Å². The molecule has 0 bridgehead atoms. The van der Waals surface area contributed by atoms with E-state index in [1.807, 2.05) is 30.3 Å². The SMILES string of the molecule is CC(C#N)NC(=O)C1CC(F)CCC1c1nc(C2CC(F)C2)sc1-c1ccc(N2CCS(=O)(=O)CC2)cc1. The largest absolute Gasteiger partial charge is 0.369 e. The summed E-state index contributed by atoms with van der Waals surface area (Å²) in [7, 11) is -2.98. The smallest absolute Gasteiger partial charge is 0.224 e. The molecule has 5 rings (SSSR count). The van der Waals surface area contributed by atoms with Crippen molar-refractivity contribution < 1.29 is 22.0 Å². The van der Waals surface area contributed by atoms with Crippen molar-refractivity contribution >= 4 is 32.8 Å². The zero-order valence-electron chi connectivity index (χ0n) is 21.3. The summed E-state index contributed by atoms with van der Waals surface area (Å²) in [5, 5.41) is 12.7. The van der Waals surface area contributed by atoms with Gasteiger partial charge in [-0.05, 0) is 56.7 Å². The normalized spacial score (nSPS) is 29.6. The van der Waals surface area contributed by atoms with Crippen molar-refractivity contribution in [3.05, 3.63) is 35.0 Å². The highest BCUT2D eigenvalue weighted by atomic mass is 32.2. The molecule has 4 unspecified atom stereocenters. The van der Waals surface area contributed by atoms with Crippen LogP contribution in [0.5, 0.6) is 0 Å². The molecule has 2 saturated carbocycles. The minimum Gasteiger partial charge on any atom is -0.369 e. The van der Waals surface area contributed by atoms with Gasteiger partial charge in [-0.2, -0.15) is 5.26 Å². The van der Waals surface area contributed by atoms with E-state index in [0.717, 1.165) is 26.8 Å². The first kappa shape index (κ1) is 27.0. The fraction of sp³-hybridized carbons (Fsp3) is 0.593. The number of nitriles is 1. The minimum atomic E-state index is -2.98. The summed E-state index contributed by atoms with van der Waals surface area (Å²) in [5.41, 5.74) is 2.61. The summed E-state index contributed by atoms with van der Waals surface area (Å²) in [4.78, 5) is 21.0.